The summed E-state index contributed by atoms with van der Waals surface area (Å²) < 4.78 is 6.17. The van der Waals surface area contributed by atoms with Crippen molar-refractivity contribution in [2.45, 2.75) is 0 Å². The van der Waals surface area contributed by atoms with Crippen molar-refractivity contribution in [3.8, 4) is 11.4 Å². The fraction of sp³-hybridized carbons (Fsp3) is 0.0625. The summed E-state index contributed by atoms with van der Waals surface area (Å²) in [4.78, 5) is 26.6. The zero-order chi connectivity index (χ0) is 17.1. The number of aromatic amines is 1. The number of rotatable bonds is 4. The summed E-state index contributed by atoms with van der Waals surface area (Å²) in [5.74, 6) is -0.157. The van der Waals surface area contributed by atoms with Crippen LogP contribution in [0.2, 0.25) is 5.02 Å². The standard InChI is InChI=1S/C16H13ClN4O3/c1-24-13-8-7-10(9-12(13)17)18-15(22)14-19-16(23)21(20-14)11-5-3-2-4-6-11/h2-9H,1H3,(H,18,22)(H,19,20,23). The molecule has 1 amide bonds. The minimum Gasteiger partial charge on any atom is -0.495 e. The van der Waals surface area contributed by atoms with Gasteiger partial charge in [-0.1, -0.05) is 29.8 Å². The van der Waals surface area contributed by atoms with Gasteiger partial charge >= 0.3 is 5.69 Å². The maximum absolute atomic E-state index is 12.2. The topological polar surface area (TPSA) is 89.0 Å². The Bertz CT molecular complexity index is 934. The summed E-state index contributed by atoms with van der Waals surface area (Å²) in [6, 6.07) is 13.6. The van der Waals surface area contributed by atoms with Crippen LogP contribution in [0.5, 0.6) is 5.75 Å². The van der Waals surface area contributed by atoms with E-state index in [1.807, 2.05) is 6.07 Å². The Balaban J connectivity index is 1.84. The van der Waals surface area contributed by atoms with Gasteiger partial charge in [0.1, 0.15) is 5.75 Å². The number of ether oxygens (including phenoxy) is 1. The van der Waals surface area contributed by atoms with Crippen LogP contribution in [0.25, 0.3) is 5.69 Å². The molecule has 0 fully saturated rings. The molecule has 0 bridgehead atoms. The minimum absolute atomic E-state index is 0.101. The fourth-order valence-corrected chi connectivity index (χ4v) is 2.36. The molecule has 3 rings (SSSR count). The molecule has 0 aliphatic carbocycles. The van der Waals surface area contributed by atoms with E-state index >= 15 is 0 Å². The van der Waals surface area contributed by atoms with Crippen molar-refractivity contribution >= 4 is 23.2 Å². The lowest BCUT2D eigenvalue weighted by Gasteiger charge is -2.06. The molecule has 0 spiro atoms. The highest BCUT2D eigenvalue weighted by atomic mass is 35.5. The van der Waals surface area contributed by atoms with Gasteiger partial charge in [0.25, 0.3) is 5.91 Å². The van der Waals surface area contributed by atoms with E-state index in [1.165, 1.54) is 7.11 Å². The van der Waals surface area contributed by atoms with Gasteiger partial charge in [0.05, 0.1) is 17.8 Å². The number of methoxy groups -OCH3 is 1. The van der Waals surface area contributed by atoms with Gasteiger partial charge in [-0.2, -0.15) is 4.68 Å². The highest BCUT2D eigenvalue weighted by Crippen LogP contribution is 2.27. The van der Waals surface area contributed by atoms with Crippen LogP contribution in [0, 0.1) is 0 Å². The average Bonchev–Trinajstić information content (AvgIpc) is 2.98. The monoisotopic (exact) mass is 344 g/mol. The van der Waals surface area contributed by atoms with E-state index in [-0.39, 0.29) is 5.82 Å². The highest BCUT2D eigenvalue weighted by molar-refractivity contribution is 6.32. The number of hydrogen-bond acceptors (Lipinski definition) is 4. The molecule has 0 saturated carbocycles. The number of carbonyl (C=O) groups is 1. The van der Waals surface area contributed by atoms with Crippen molar-refractivity contribution in [2.24, 2.45) is 0 Å². The van der Waals surface area contributed by atoms with Crippen molar-refractivity contribution in [1.82, 2.24) is 14.8 Å². The van der Waals surface area contributed by atoms with Crippen molar-refractivity contribution < 1.29 is 9.53 Å². The summed E-state index contributed by atoms with van der Waals surface area (Å²) in [5, 5.41) is 6.99. The molecule has 0 unspecified atom stereocenters. The van der Waals surface area contributed by atoms with E-state index in [1.54, 1.807) is 42.5 Å². The second kappa shape index (κ2) is 6.59. The smallest absolute Gasteiger partial charge is 0.348 e. The van der Waals surface area contributed by atoms with Crippen molar-refractivity contribution in [1.29, 1.82) is 0 Å². The first-order chi connectivity index (χ1) is 11.6. The van der Waals surface area contributed by atoms with E-state index in [9.17, 15) is 9.59 Å². The van der Waals surface area contributed by atoms with Crippen LogP contribution >= 0.6 is 11.6 Å². The lowest BCUT2D eigenvalue weighted by molar-refractivity contribution is 0.101. The molecule has 0 aliphatic rings. The Labute approximate surface area is 141 Å². The van der Waals surface area contributed by atoms with Crippen molar-refractivity contribution in [3.63, 3.8) is 0 Å². The zero-order valence-electron chi connectivity index (χ0n) is 12.6. The molecule has 122 valence electrons. The van der Waals surface area contributed by atoms with E-state index < -0.39 is 11.6 Å². The molecule has 1 heterocycles. The predicted octanol–water partition coefficient (Wildman–Crippen LogP) is 2.47. The number of para-hydroxylation sites is 1. The largest absolute Gasteiger partial charge is 0.495 e. The summed E-state index contributed by atoms with van der Waals surface area (Å²) in [7, 11) is 1.50. The molecule has 0 radical (unpaired) electrons. The fourth-order valence-electron chi connectivity index (χ4n) is 2.11. The number of benzene rings is 2. The number of amides is 1. The Kier molecular flexibility index (Phi) is 4.35. The molecule has 3 aromatic rings. The predicted molar refractivity (Wildman–Crippen MR) is 90.1 cm³/mol. The number of H-pyrrole nitrogens is 1. The second-order valence-corrected chi connectivity index (χ2v) is 5.24. The van der Waals surface area contributed by atoms with E-state index in [2.05, 4.69) is 15.4 Å². The quantitative estimate of drug-likeness (QED) is 0.761. The van der Waals surface area contributed by atoms with Gasteiger partial charge in [0.2, 0.25) is 5.82 Å². The highest BCUT2D eigenvalue weighted by Gasteiger charge is 2.15. The normalized spacial score (nSPS) is 10.4. The minimum atomic E-state index is -0.553. The third-order valence-electron chi connectivity index (χ3n) is 3.24. The van der Waals surface area contributed by atoms with Gasteiger partial charge in [-0.25, -0.2) is 4.79 Å². The summed E-state index contributed by atoms with van der Waals surface area (Å²) in [6.07, 6.45) is 0. The van der Waals surface area contributed by atoms with Crippen LogP contribution in [-0.2, 0) is 0 Å². The summed E-state index contributed by atoms with van der Waals surface area (Å²) in [6.45, 7) is 0. The first-order valence-electron chi connectivity index (χ1n) is 6.98. The SMILES string of the molecule is COc1ccc(NC(=O)c2nn(-c3ccccc3)c(=O)[nH]2)cc1Cl. The van der Waals surface area contributed by atoms with E-state index in [0.29, 0.717) is 22.1 Å². The summed E-state index contributed by atoms with van der Waals surface area (Å²) >= 11 is 6.01. The zero-order valence-corrected chi connectivity index (χ0v) is 13.4. The van der Waals surface area contributed by atoms with Gasteiger partial charge in [-0.05, 0) is 30.3 Å². The van der Waals surface area contributed by atoms with Crippen molar-refractivity contribution in [2.75, 3.05) is 12.4 Å². The second-order valence-electron chi connectivity index (χ2n) is 4.83. The van der Waals surface area contributed by atoms with Crippen LogP contribution in [0.4, 0.5) is 5.69 Å². The number of aromatic nitrogens is 3. The molecule has 1 aromatic heterocycles. The number of nitrogens with zero attached hydrogens (tertiary/aromatic N) is 2. The van der Waals surface area contributed by atoms with Gasteiger partial charge in [-0.3, -0.25) is 9.78 Å². The molecule has 24 heavy (non-hydrogen) atoms. The van der Waals surface area contributed by atoms with Crippen LogP contribution in [-0.4, -0.2) is 27.8 Å². The van der Waals surface area contributed by atoms with Gasteiger partial charge < -0.3 is 10.1 Å². The maximum Gasteiger partial charge on any atom is 0.348 e. The van der Waals surface area contributed by atoms with Gasteiger partial charge in [-0.15, -0.1) is 5.10 Å². The first kappa shape index (κ1) is 15.8. The van der Waals surface area contributed by atoms with Crippen LogP contribution in [0.1, 0.15) is 10.6 Å². The molecule has 2 aromatic carbocycles. The van der Waals surface area contributed by atoms with Crippen LogP contribution in [0.3, 0.4) is 0 Å². The number of nitrogens with one attached hydrogen (secondary N) is 2. The Morgan fingerprint density at radius 1 is 1.25 bits per heavy atom. The van der Waals surface area contributed by atoms with E-state index in [0.717, 1.165) is 4.68 Å². The molecule has 0 aliphatic heterocycles. The molecule has 0 atom stereocenters. The Hall–Kier alpha value is -3.06. The number of carbonyl (C=O) groups excluding carboxylic acids is 1. The van der Waals surface area contributed by atoms with Crippen LogP contribution < -0.4 is 15.7 Å². The molecular weight excluding hydrogens is 332 g/mol. The third-order valence-corrected chi connectivity index (χ3v) is 3.54. The van der Waals surface area contributed by atoms with E-state index in [4.69, 9.17) is 16.3 Å². The third kappa shape index (κ3) is 3.16. The number of anilines is 1. The molecule has 2 N–H and O–H groups in total. The summed E-state index contributed by atoms with van der Waals surface area (Å²) in [5.41, 5.74) is 0.519. The average molecular weight is 345 g/mol. The van der Waals surface area contributed by atoms with Crippen molar-refractivity contribution in [3.05, 3.63) is 69.9 Å². The lowest BCUT2D eigenvalue weighted by Crippen LogP contribution is -2.15. The van der Waals surface area contributed by atoms with Gasteiger partial charge in [0, 0.05) is 5.69 Å². The maximum atomic E-state index is 12.2. The lowest BCUT2D eigenvalue weighted by atomic mass is 10.3. The number of halogens is 1. The molecule has 0 saturated heterocycles. The van der Waals surface area contributed by atoms with Gasteiger partial charge in [0.15, 0.2) is 0 Å². The molecule has 8 heteroatoms. The number of hydrogen-bond donors (Lipinski definition) is 2. The first-order valence-corrected chi connectivity index (χ1v) is 7.36. The molecular formula is C16H13ClN4O3. The van der Waals surface area contributed by atoms with Crippen LogP contribution in [0.15, 0.2) is 53.3 Å². The Morgan fingerprint density at radius 2 is 2.00 bits per heavy atom. The molecule has 7 nitrogen and oxygen atoms in total. The Morgan fingerprint density at radius 3 is 2.67 bits per heavy atom.